The van der Waals surface area contributed by atoms with Crippen LogP contribution in [-0.4, -0.2) is 61.8 Å². The zero-order valence-electron chi connectivity index (χ0n) is 10.0. The van der Waals surface area contributed by atoms with Crippen molar-refractivity contribution >= 4 is 0 Å². The number of nitrogens with zero attached hydrogens (tertiary/aromatic N) is 2. The Morgan fingerprint density at radius 2 is 1.79 bits per heavy atom. The summed E-state index contributed by atoms with van der Waals surface area (Å²) in [5.41, 5.74) is 0.284. The van der Waals surface area contributed by atoms with E-state index >= 15 is 0 Å². The smallest absolute Gasteiger partial charge is 0.0594 e. The molecule has 1 heterocycles. The Kier molecular flexibility index (Phi) is 4.35. The van der Waals surface area contributed by atoms with Crippen LogP contribution in [0.2, 0.25) is 0 Å². The van der Waals surface area contributed by atoms with E-state index in [1.54, 1.807) is 0 Å². The van der Waals surface area contributed by atoms with Crippen LogP contribution in [0.5, 0.6) is 0 Å². The Bertz CT molecular complexity index is 159. The maximum absolute atomic E-state index is 5.32. The molecule has 0 bridgehead atoms. The summed E-state index contributed by atoms with van der Waals surface area (Å²) in [7, 11) is 2.19. The van der Waals surface area contributed by atoms with Crippen LogP contribution < -0.4 is 0 Å². The molecule has 3 nitrogen and oxygen atoms in total. The predicted molar refractivity (Wildman–Crippen MR) is 59.6 cm³/mol. The third-order valence-corrected chi connectivity index (χ3v) is 3.00. The molecule has 0 N–H and O–H groups in total. The van der Waals surface area contributed by atoms with E-state index in [4.69, 9.17) is 4.74 Å². The van der Waals surface area contributed by atoms with Gasteiger partial charge in [-0.3, -0.25) is 4.90 Å². The standard InChI is InChI=1S/C11H24N2O/c1-11(2,3)12(4)5-6-13-7-9-14-10-8-13/h5-10H2,1-4H3. The molecule has 0 atom stereocenters. The molecule has 0 spiro atoms. The van der Waals surface area contributed by atoms with Gasteiger partial charge < -0.3 is 9.64 Å². The zero-order chi connectivity index (χ0) is 10.6. The minimum absolute atomic E-state index is 0.284. The van der Waals surface area contributed by atoms with E-state index < -0.39 is 0 Å². The van der Waals surface area contributed by atoms with Crippen LogP contribution in [-0.2, 0) is 4.74 Å². The highest BCUT2D eigenvalue weighted by molar-refractivity contribution is 4.74. The largest absolute Gasteiger partial charge is 0.379 e. The molecule has 0 aromatic carbocycles. The number of hydrogen-bond acceptors (Lipinski definition) is 3. The predicted octanol–water partition coefficient (Wildman–Crippen LogP) is 1.05. The van der Waals surface area contributed by atoms with Crippen molar-refractivity contribution in [1.82, 2.24) is 9.80 Å². The maximum atomic E-state index is 5.32. The lowest BCUT2D eigenvalue weighted by Gasteiger charge is -2.35. The van der Waals surface area contributed by atoms with E-state index in [0.717, 1.165) is 39.4 Å². The van der Waals surface area contributed by atoms with Gasteiger partial charge >= 0.3 is 0 Å². The number of hydrogen-bond donors (Lipinski definition) is 0. The maximum Gasteiger partial charge on any atom is 0.0594 e. The molecule has 0 unspecified atom stereocenters. The van der Waals surface area contributed by atoms with Gasteiger partial charge in [0.05, 0.1) is 13.2 Å². The van der Waals surface area contributed by atoms with Crippen LogP contribution in [0.4, 0.5) is 0 Å². The average Bonchev–Trinajstić information content (AvgIpc) is 2.14. The Morgan fingerprint density at radius 3 is 2.29 bits per heavy atom. The first-order valence-corrected chi connectivity index (χ1v) is 5.51. The van der Waals surface area contributed by atoms with Crippen molar-refractivity contribution in [2.24, 2.45) is 0 Å². The van der Waals surface area contributed by atoms with Gasteiger partial charge in [0.1, 0.15) is 0 Å². The second-order valence-electron chi connectivity index (χ2n) is 5.05. The highest BCUT2D eigenvalue weighted by Gasteiger charge is 2.18. The molecular formula is C11H24N2O. The number of morpholine rings is 1. The zero-order valence-corrected chi connectivity index (χ0v) is 10.0. The Morgan fingerprint density at radius 1 is 1.21 bits per heavy atom. The highest BCUT2D eigenvalue weighted by Crippen LogP contribution is 2.09. The third kappa shape index (κ3) is 3.95. The molecule has 0 radical (unpaired) electrons. The molecule has 1 saturated heterocycles. The summed E-state index contributed by atoms with van der Waals surface area (Å²) >= 11 is 0. The van der Waals surface area contributed by atoms with Crippen molar-refractivity contribution in [3.63, 3.8) is 0 Å². The third-order valence-electron chi connectivity index (χ3n) is 3.00. The van der Waals surface area contributed by atoms with E-state index in [1.165, 1.54) is 0 Å². The van der Waals surface area contributed by atoms with Crippen molar-refractivity contribution in [3.8, 4) is 0 Å². The number of rotatable bonds is 3. The van der Waals surface area contributed by atoms with Gasteiger partial charge in [0.15, 0.2) is 0 Å². The molecule has 0 aromatic heterocycles. The monoisotopic (exact) mass is 200 g/mol. The Labute approximate surface area is 88.0 Å². The Hall–Kier alpha value is -0.120. The summed E-state index contributed by atoms with van der Waals surface area (Å²) in [6.07, 6.45) is 0. The van der Waals surface area contributed by atoms with Crippen molar-refractivity contribution in [3.05, 3.63) is 0 Å². The van der Waals surface area contributed by atoms with E-state index in [1.807, 2.05) is 0 Å². The van der Waals surface area contributed by atoms with Crippen molar-refractivity contribution in [2.75, 3.05) is 46.4 Å². The fourth-order valence-corrected chi connectivity index (χ4v) is 1.45. The van der Waals surface area contributed by atoms with E-state index in [-0.39, 0.29) is 5.54 Å². The number of likely N-dealkylation sites (N-methyl/N-ethyl adjacent to an activating group) is 1. The topological polar surface area (TPSA) is 15.7 Å². The van der Waals surface area contributed by atoms with Gasteiger partial charge in [-0.05, 0) is 27.8 Å². The lowest BCUT2D eigenvalue weighted by Crippen LogP contribution is -2.45. The molecule has 1 fully saturated rings. The van der Waals surface area contributed by atoms with E-state index in [0.29, 0.717) is 0 Å². The van der Waals surface area contributed by atoms with Gasteiger partial charge in [0.2, 0.25) is 0 Å². The van der Waals surface area contributed by atoms with Gasteiger partial charge in [-0.15, -0.1) is 0 Å². The fourth-order valence-electron chi connectivity index (χ4n) is 1.45. The first-order chi connectivity index (χ1) is 6.50. The molecule has 0 saturated carbocycles. The van der Waals surface area contributed by atoms with E-state index in [2.05, 4.69) is 37.6 Å². The molecule has 3 heteroatoms. The van der Waals surface area contributed by atoms with Crippen LogP contribution in [0, 0.1) is 0 Å². The first kappa shape index (κ1) is 12.0. The molecule has 1 rings (SSSR count). The summed E-state index contributed by atoms with van der Waals surface area (Å²) in [4.78, 5) is 4.88. The van der Waals surface area contributed by atoms with E-state index in [9.17, 15) is 0 Å². The Balaban J connectivity index is 2.19. The van der Waals surface area contributed by atoms with Gasteiger partial charge in [-0.25, -0.2) is 0 Å². The van der Waals surface area contributed by atoms with Gasteiger partial charge in [0, 0.05) is 31.7 Å². The summed E-state index contributed by atoms with van der Waals surface area (Å²) in [5, 5.41) is 0. The SMILES string of the molecule is CN(CCN1CCOCC1)C(C)(C)C. The lowest BCUT2D eigenvalue weighted by atomic mass is 10.1. The minimum atomic E-state index is 0.284. The summed E-state index contributed by atoms with van der Waals surface area (Å²) in [6.45, 7) is 13.1. The molecular weight excluding hydrogens is 176 g/mol. The molecule has 14 heavy (non-hydrogen) atoms. The summed E-state index contributed by atoms with van der Waals surface area (Å²) in [5.74, 6) is 0. The molecule has 0 amide bonds. The fraction of sp³-hybridized carbons (Fsp3) is 1.00. The summed E-state index contributed by atoms with van der Waals surface area (Å²) in [6, 6.07) is 0. The average molecular weight is 200 g/mol. The van der Waals surface area contributed by atoms with Crippen molar-refractivity contribution in [2.45, 2.75) is 26.3 Å². The lowest BCUT2D eigenvalue weighted by molar-refractivity contribution is 0.0299. The molecule has 84 valence electrons. The van der Waals surface area contributed by atoms with Crippen LogP contribution in [0.1, 0.15) is 20.8 Å². The molecule has 0 aliphatic carbocycles. The normalized spacial score (nSPS) is 20.4. The van der Waals surface area contributed by atoms with Crippen molar-refractivity contribution < 1.29 is 4.74 Å². The van der Waals surface area contributed by atoms with Gasteiger partial charge in [0.25, 0.3) is 0 Å². The van der Waals surface area contributed by atoms with Gasteiger partial charge in [-0.1, -0.05) is 0 Å². The quantitative estimate of drug-likeness (QED) is 0.677. The molecule has 0 aromatic rings. The highest BCUT2D eigenvalue weighted by atomic mass is 16.5. The van der Waals surface area contributed by atoms with Crippen molar-refractivity contribution in [1.29, 1.82) is 0 Å². The van der Waals surface area contributed by atoms with Crippen LogP contribution in [0.15, 0.2) is 0 Å². The number of ether oxygens (including phenoxy) is 1. The van der Waals surface area contributed by atoms with Gasteiger partial charge in [-0.2, -0.15) is 0 Å². The minimum Gasteiger partial charge on any atom is -0.379 e. The van der Waals surface area contributed by atoms with Crippen LogP contribution in [0.3, 0.4) is 0 Å². The summed E-state index contributed by atoms with van der Waals surface area (Å²) < 4.78 is 5.32. The second kappa shape index (κ2) is 5.10. The second-order valence-corrected chi connectivity index (χ2v) is 5.05. The first-order valence-electron chi connectivity index (χ1n) is 5.51. The van der Waals surface area contributed by atoms with Crippen LogP contribution in [0.25, 0.3) is 0 Å². The molecule has 1 aliphatic rings. The molecule has 1 aliphatic heterocycles. The van der Waals surface area contributed by atoms with Crippen LogP contribution >= 0.6 is 0 Å².